The highest BCUT2D eigenvalue weighted by Gasteiger charge is 2.18. The minimum absolute atomic E-state index is 0.103. The highest BCUT2D eigenvalue weighted by Crippen LogP contribution is 2.22. The molecule has 0 aromatic heterocycles. The first-order valence-electron chi connectivity index (χ1n) is 9.14. The number of hydrogen-bond donors (Lipinski definition) is 3. The van der Waals surface area contributed by atoms with Gasteiger partial charge in [0.2, 0.25) is 0 Å². The second-order valence-electron chi connectivity index (χ2n) is 6.52. The van der Waals surface area contributed by atoms with Crippen molar-refractivity contribution in [2.45, 2.75) is 20.3 Å². The van der Waals surface area contributed by atoms with Gasteiger partial charge in [-0.05, 0) is 43.2 Å². The van der Waals surface area contributed by atoms with Gasteiger partial charge >= 0.3 is 0 Å². The Balaban J connectivity index is 1.93. The van der Waals surface area contributed by atoms with Crippen molar-refractivity contribution in [2.24, 2.45) is 0 Å². The van der Waals surface area contributed by atoms with E-state index in [2.05, 4.69) is 10.6 Å². The second kappa shape index (κ2) is 10.3. The maximum Gasteiger partial charge on any atom is 0.279 e. The van der Waals surface area contributed by atoms with Crippen LogP contribution < -0.4 is 20.3 Å². The molecule has 6 nitrogen and oxygen atoms in total. The van der Waals surface area contributed by atoms with Crippen LogP contribution >= 0.6 is 0 Å². The Morgan fingerprint density at radius 2 is 1.70 bits per heavy atom. The maximum atomic E-state index is 12.4. The molecule has 0 aliphatic heterocycles. The first-order valence-corrected chi connectivity index (χ1v) is 9.14. The number of amides is 2. The number of benzene rings is 2. The predicted octanol–water partition coefficient (Wildman–Crippen LogP) is 1.88. The van der Waals surface area contributed by atoms with E-state index in [1.807, 2.05) is 50.2 Å². The van der Waals surface area contributed by atoms with Gasteiger partial charge in [-0.15, -0.1) is 0 Å². The number of quaternary nitrogens is 1. The zero-order chi connectivity index (χ0) is 19.6. The van der Waals surface area contributed by atoms with Crippen LogP contribution in [0, 0.1) is 6.92 Å². The van der Waals surface area contributed by atoms with E-state index in [0.29, 0.717) is 11.4 Å². The number of carbonyl (C=O) groups excluding carboxylic acids is 2. The molecule has 0 bridgehead atoms. The smallest absolute Gasteiger partial charge is 0.279 e. The lowest BCUT2D eigenvalue weighted by Gasteiger charge is -2.18. The number of methoxy groups -OCH3 is 1. The SMILES string of the molecule is CCC[NH+](CC(=O)Nc1cccc(C)c1)CC(=O)Nc1ccccc1OC. The molecule has 2 aromatic carbocycles. The number of anilines is 2. The standard InChI is InChI=1S/C21H27N3O3/c1-4-12-24(14-20(25)22-17-9-7-8-16(2)13-17)15-21(26)23-18-10-5-6-11-19(18)27-3/h5-11,13H,4,12,14-15H2,1-3H3,(H,22,25)(H,23,26)/p+1. The van der Waals surface area contributed by atoms with E-state index in [-0.39, 0.29) is 24.9 Å². The Morgan fingerprint density at radius 3 is 2.37 bits per heavy atom. The summed E-state index contributed by atoms with van der Waals surface area (Å²) in [6.45, 7) is 5.21. The van der Waals surface area contributed by atoms with Gasteiger partial charge < -0.3 is 20.3 Å². The van der Waals surface area contributed by atoms with Crippen molar-refractivity contribution in [3.8, 4) is 5.75 Å². The van der Waals surface area contributed by atoms with Gasteiger partial charge in [-0.25, -0.2) is 0 Å². The van der Waals surface area contributed by atoms with Gasteiger partial charge in [0.25, 0.3) is 11.8 Å². The van der Waals surface area contributed by atoms with Gasteiger partial charge in [0.05, 0.1) is 19.3 Å². The van der Waals surface area contributed by atoms with Crippen molar-refractivity contribution < 1.29 is 19.2 Å². The van der Waals surface area contributed by atoms with E-state index in [9.17, 15) is 9.59 Å². The quantitative estimate of drug-likeness (QED) is 0.631. The van der Waals surface area contributed by atoms with Gasteiger partial charge in [0.1, 0.15) is 5.75 Å². The van der Waals surface area contributed by atoms with E-state index in [1.165, 1.54) is 0 Å². The second-order valence-corrected chi connectivity index (χ2v) is 6.52. The Morgan fingerprint density at radius 1 is 1.00 bits per heavy atom. The van der Waals surface area contributed by atoms with Crippen LogP contribution in [0.25, 0.3) is 0 Å². The molecule has 0 aliphatic rings. The molecule has 2 amide bonds. The van der Waals surface area contributed by atoms with Crippen LogP contribution in [-0.4, -0.2) is 38.6 Å². The number of ether oxygens (including phenoxy) is 1. The lowest BCUT2D eigenvalue weighted by Crippen LogP contribution is -3.14. The van der Waals surface area contributed by atoms with Gasteiger partial charge in [0.15, 0.2) is 13.1 Å². The Labute approximate surface area is 160 Å². The fourth-order valence-electron chi connectivity index (χ4n) is 2.92. The molecule has 0 saturated heterocycles. The van der Waals surface area contributed by atoms with Crippen LogP contribution in [0.4, 0.5) is 11.4 Å². The van der Waals surface area contributed by atoms with Crippen molar-refractivity contribution in [1.29, 1.82) is 0 Å². The first kappa shape index (κ1) is 20.5. The van der Waals surface area contributed by atoms with Crippen LogP contribution in [0.2, 0.25) is 0 Å². The molecule has 144 valence electrons. The van der Waals surface area contributed by atoms with E-state index < -0.39 is 0 Å². The average Bonchev–Trinajstić information content (AvgIpc) is 2.62. The van der Waals surface area contributed by atoms with Crippen LogP contribution in [0.5, 0.6) is 5.75 Å². The summed E-state index contributed by atoms with van der Waals surface area (Å²) >= 11 is 0. The van der Waals surface area contributed by atoms with Gasteiger partial charge in [0, 0.05) is 5.69 Å². The third kappa shape index (κ3) is 6.75. The normalized spacial score (nSPS) is 11.5. The third-order valence-electron chi connectivity index (χ3n) is 4.11. The summed E-state index contributed by atoms with van der Waals surface area (Å²) in [5, 5.41) is 5.77. The summed E-state index contributed by atoms with van der Waals surface area (Å²) in [5.41, 5.74) is 2.49. The lowest BCUT2D eigenvalue weighted by molar-refractivity contribution is -0.883. The Kier molecular flexibility index (Phi) is 7.82. The highest BCUT2D eigenvalue weighted by molar-refractivity contribution is 5.94. The minimum atomic E-state index is -0.147. The average molecular weight is 370 g/mol. The summed E-state index contributed by atoms with van der Waals surface area (Å²) in [6, 6.07) is 14.9. The van der Waals surface area contributed by atoms with Crippen LogP contribution in [-0.2, 0) is 9.59 Å². The molecule has 0 aliphatic carbocycles. The van der Waals surface area contributed by atoms with Gasteiger partial charge in [-0.1, -0.05) is 31.2 Å². The highest BCUT2D eigenvalue weighted by atomic mass is 16.5. The minimum Gasteiger partial charge on any atom is -0.495 e. The number of hydrogen-bond acceptors (Lipinski definition) is 3. The zero-order valence-corrected chi connectivity index (χ0v) is 16.2. The molecule has 2 aromatic rings. The monoisotopic (exact) mass is 370 g/mol. The molecule has 6 heteroatoms. The largest absolute Gasteiger partial charge is 0.495 e. The zero-order valence-electron chi connectivity index (χ0n) is 16.2. The molecule has 0 radical (unpaired) electrons. The summed E-state index contributed by atoms with van der Waals surface area (Å²) in [6.07, 6.45) is 0.884. The summed E-state index contributed by atoms with van der Waals surface area (Å²) in [4.78, 5) is 25.7. The number of carbonyl (C=O) groups is 2. The molecule has 2 rings (SSSR count). The lowest BCUT2D eigenvalue weighted by atomic mass is 10.2. The molecule has 3 N–H and O–H groups in total. The molecule has 27 heavy (non-hydrogen) atoms. The maximum absolute atomic E-state index is 12.4. The summed E-state index contributed by atoms with van der Waals surface area (Å²) in [7, 11) is 1.56. The van der Waals surface area contributed by atoms with Crippen LogP contribution in [0.1, 0.15) is 18.9 Å². The van der Waals surface area contributed by atoms with E-state index in [1.54, 1.807) is 19.2 Å². The summed E-state index contributed by atoms with van der Waals surface area (Å²) < 4.78 is 5.25. The van der Waals surface area contributed by atoms with Gasteiger partial charge in [-0.2, -0.15) is 0 Å². The summed E-state index contributed by atoms with van der Waals surface area (Å²) in [5.74, 6) is 0.362. The topological polar surface area (TPSA) is 71.9 Å². The molecule has 1 unspecified atom stereocenters. The van der Waals surface area contributed by atoms with E-state index in [0.717, 1.165) is 29.1 Å². The van der Waals surface area contributed by atoms with Crippen molar-refractivity contribution in [1.82, 2.24) is 0 Å². The molecular formula is C21H28N3O3+. The number of nitrogens with one attached hydrogen (secondary N) is 3. The molecule has 1 atom stereocenters. The Hall–Kier alpha value is -2.86. The Bertz CT molecular complexity index is 777. The molecular weight excluding hydrogens is 342 g/mol. The predicted molar refractivity (Wildman–Crippen MR) is 107 cm³/mol. The van der Waals surface area contributed by atoms with Crippen molar-refractivity contribution in [3.05, 3.63) is 54.1 Å². The van der Waals surface area contributed by atoms with E-state index in [4.69, 9.17) is 4.74 Å². The molecule has 0 saturated carbocycles. The fraction of sp³-hybridized carbons (Fsp3) is 0.333. The third-order valence-corrected chi connectivity index (χ3v) is 4.11. The fourth-order valence-corrected chi connectivity index (χ4v) is 2.92. The van der Waals surface area contributed by atoms with Crippen molar-refractivity contribution in [2.75, 3.05) is 37.4 Å². The number of rotatable bonds is 9. The van der Waals surface area contributed by atoms with Gasteiger partial charge in [-0.3, -0.25) is 9.59 Å². The van der Waals surface area contributed by atoms with E-state index >= 15 is 0 Å². The molecule has 0 heterocycles. The number of aryl methyl sites for hydroxylation is 1. The van der Waals surface area contributed by atoms with Crippen LogP contribution in [0.15, 0.2) is 48.5 Å². The number of para-hydroxylation sites is 2. The first-order chi connectivity index (χ1) is 13.0. The van der Waals surface area contributed by atoms with Crippen LogP contribution in [0.3, 0.4) is 0 Å². The molecule has 0 spiro atoms. The van der Waals surface area contributed by atoms with Crippen molar-refractivity contribution in [3.63, 3.8) is 0 Å². The van der Waals surface area contributed by atoms with Crippen molar-refractivity contribution >= 4 is 23.2 Å². The molecule has 0 fully saturated rings.